The quantitative estimate of drug-likeness (QED) is 0.912. The van der Waals surface area contributed by atoms with E-state index in [1.54, 1.807) is 6.20 Å². The van der Waals surface area contributed by atoms with Crippen LogP contribution in [-0.4, -0.2) is 25.1 Å². The standard InChI is InChI=1S/C17H22N4O/c1-12-6-5-7-13(2)16(12)20-17(22)19-11-14-8-9-18-15(10-14)21(3)4/h5-10H,11H2,1-4H3,(H2,19,20,22). The Morgan fingerprint density at radius 2 is 1.86 bits per heavy atom. The summed E-state index contributed by atoms with van der Waals surface area (Å²) in [6.07, 6.45) is 1.75. The van der Waals surface area contributed by atoms with Gasteiger partial charge >= 0.3 is 6.03 Å². The minimum atomic E-state index is -0.208. The molecule has 0 aliphatic carbocycles. The number of rotatable bonds is 4. The normalized spacial score (nSPS) is 10.2. The zero-order chi connectivity index (χ0) is 16.1. The van der Waals surface area contributed by atoms with Crippen LogP contribution in [0.3, 0.4) is 0 Å². The van der Waals surface area contributed by atoms with Crippen LogP contribution in [0.25, 0.3) is 0 Å². The Kier molecular flexibility index (Phi) is 4.99. The molecule has 2 aromatic rings. The summed E-state index contributed by atoms with van der Waals surface area (Å²) in [5, 5.41) is 5.78. The second-order valence-corrected chi connectivity index (χ2v) is 5.49. The van der Waals surface area contributed by atoms with Crippen molar-refractivity contribution in [2.24, 2.45) is 0 Å². The van der Waals surface area contributed by atoms with E-state index in [1.807, 2.05) is 63.2 Å². The first kappa shape index (κ1) is 15.8. The molecule has 0 atom stereocenters. The van der Waals surface area contributed by atoms with Gasteiger partial charge in [0, 0.05) is 32.5 Å². The van der Waals surface area contributed by atoms with E-state index in [9.17, 15) is 4.79 Å². The second-order valence-electron chi connectivity index (χ2n) is 5.49. The molecule has 0 aliphatic heterocycles. The summed E-state index contributed by atoms with van der Waals surface area (Å²) in [5.74, 6) is 0.870. The summed E-state index contributed by atoms with van der Waals surface area (Å²) < 4.78 is 0. The van der Waals surface area contributed by atoms with Crippen molar-refractivity contribution in [3.05, 3.63) is 53.2 Å². The number of anilines is 2. The molecule has 0 bridgehead atoms. The van der Waals surface area contributed by atoms with Crippen molar-refractivity contribution in [1.29, 1.82) is 0 Å². The molecule has 0 fully saturated rings. The highest BCUT2D eigenvalue weighted by Gasteiger charge is 2.07. The molecule has 2 N–H and O–H groups in total. The van der Waals surface area contributed by atoms with E-state index >= 15 is 0 Å². The van der Waals surface area contributed by atoms with Crippen molar-refractivity contribution in [2.75, 3.05) is 24.3 Å². The van der Waals surface area contributed by atoms with Gasteiger partial charge in [-0.05, 0) is 42.7 Å². The number of carbonyl (C=O) groups excluding carboxylic acids is 1. The van der Waals surface area contributed by atoms with Gasteiger partial charge in [-0.3, -0.25) is 0 Å². The number of pyridine rings is 1. The molecular weight excluding hydrogens is 276 g/mol. The average molecular weight is 298 g/mol. The van der Waals surface area contributed by atoms with E-state index in [1.165, 1.54) is 0 Å². The number of hydrogen-bond donors (Lipinski definition) is 2. The molecule has 5 heteroatoms. The van der Waals surface area contributed by atoms with E-state index in [0.29, 0.717) is 6.54 Å². The maximum atomic E-state index is 12.1. The van der Waals surface area contributed by atoms with Crippen molar-refractivity contribution in [1.82, 2.24) is 10.3 Å². The van der Waals surface area contributed by atoms with Gasteiger partial charge in [0.15, 0.2) is 0 Å². The number of nitrogens with one attached hydrogen (secondary N) is 2. The van der Waals surface area contributed by atoms with Crippen LogP contribution in [-0.2, 0) is 6.54 Å². The Labute approximate surface area is 131 Å². The van der Waals surface area contributed by atoms with Crippen molar-refractivity contribution in [3.8, 4) is 0 Å². The lowest BCUT2D eigenvalue weighted by molar-refractivity contribution is 0.251. The molecule has 0 aliphatic rings. The molecule has 0 unspecified atom stereocenters. The second kappa shape index (κ2) is 6.93. The number of nitrogens with zero attached hydrogens (tertiary/aromatic N) is 2. The number of amides is 2. The largest absolute Gasteiger partial charge is 0.363 e. The smallest absolute Gasteiger partial charge is 0.319 e. The van der Waals surface area contributed by atoms with E-state index in [-0.39, 0.29) is 6.03 Å². The van der Waals surface area contributed by atoms with Crippen LogP contribution in [0.4, 0.5) is 16.3 Å². The summed E-state index contributed by atoms with van der Waals surface area (Å²) in [6, 6.07) is 9.59. The molecule has 1 heterocycles. The molecule has 0 saturated carbocycles. The molecule has 5 nitrogen and oxygen atoms in total. The number of carbonyl (C=O) groups is 1. The van der Waals surface area contributed by atoms with E-state index in [4.69, 9.17) is 0 Å². The maximum Gasteiger partial charge on any atom is 0.319 e. The first-order chi connectivity index (χ1) is 10.5. The van der Waals surface area contributed by atoms with Crippen LogP contribution >= 0.6 is 0 Å². The third-order valence-electron chi connectivity index (χ3n) is 3.44. The zero-order valence-electron chi connectivity index (χ0n) is 13.5. The molecule has 2 rings (SSSR count). The van der Waals surface area contributed by atoms with Crippen LogP contribution in [0.2, 0.25) is 0 Å². The summed E-state index contributed by atoms with van der Waals surface area (Å²) in [7, 11) is 3.88. The van der Waals surface area contributed by atoms with Crippen LogP contribution in [0.15, 0.2) is 36.5 Å². The van der Waals surface area contributed by atoms with Gasteiger partial charge < -0.3 is 15.5 Å². The van der Waals surface area contributed by atoms with Gasteiger partial charge in [0.05, 0.1) is 0 Å². The van der Waals surface area contributed by atoms with E-state index < -0.39 is 0 Å². The monoisotopic (exact) mass is 298 g/mol. The van der Waals surface area contributed by atoms with Crippen molar-refractivity contribution < 1.29 is 4.79 Å². The minimum absolute atomic E-state index is 0.208. The third kappa shape index (κ3) is 3.97. The number of aromatic nitrogens is 1. The highest BCUT2D eigenvalue weighted by Crippen LogP contribution is 2.19. The number of para-hydroxylation sites is 1. The fraction of sp³-hybridized carbons (Fsp3) is 0.294. The van der Waals surface area contributed by atoms with E-state index in [0.717, 1.165) is 28.2 Å². The number of aryl methyl sites for hydroxylation is 2. The fourth-order valence-electron chi connectivity index (χ4n) is 2.17. The summed E-state index contributed by atoms with van der Waals surface area (Å²) in [5.41, 5.74) is 3.97. The first-order valence-electron chi connectivity index (χ1n) is 7.20. The highest BCUT2D eigenvalue weighted by molar-refractivity contribution is 5.90. The Balaban J connectivity index is 1.97. The minimum Gasteiger partial charge on any atom is -0.363 e. The molecule has 2 amide bonds. The fourth-order valence-corrected chi connectivity index (χ4v) is 2.17. The summed E-state index contributed by atoms with van der Waals surface area (Å²) in [4.78, 5) is 18.2. The van der Waals surface area contributed by atoms with E-state index in [2.05, 4.69) is 15.6 Å². The molecule has 1 aromatic heterocycles. The molecule has 1 aromatic carbocycles. The highest BCUT2D eigenvalue weighted by atomic mass is 16.2. The Morgan fingerprint density at radius 3 is 2.50 bits per heavy atom. The SMILES string of the molecule is Cc1cccc(C)c1NC(=O)NCc1ccnc(N(C)C)c1. The first-order valence-corrected chi connectivity index (χ1v) is 7.20. The molecule has 0 radical (unpaired) electrons. The van der Waals surface area contributed by atoms with Gasteiger partial charge in [-0.15, -0.1) is 0 Å². The van der Waals surface area contributed by atoms with Gasteiger partial charge in [-0.1, -0.05) is 18.2 Å². The van der Waals surface area contributed by atoms with Gasteiger partial charge in [0.25, 0.3) is 0 Å². The van der Waals surface area contributed by atoms with Crippen molar-refractivity contribution >= 4 is 17.5 Å². The van der Waals surface area contributed by atoms with Crippen molar-refractivity contribution in [3.63, 3.8) is 0 Å². The lowest BCUT2D eigenvalue weighted by atomic mass is 10.1. The van der Waals surface area contributed by atoms with Gasteiger partial charge in [0.1, 0.15) is 5.82 Å². The van der Waals surface area contributed by atoms with Gasteiger partial charge in [-0.2, -0.15) is 0 Å². The Morgan fingerprint density at radius 1 is 1.18 bits per heavy atom. The van der Waals surface area contributed by atoms with Crippen LogP contribution in [0.1, 0.15) is 16.7 Å². The summed E-state index contributed by atoms with van der Waals surface area (Å²) in [6.45, 7) is 4.42. The van der Waals surface area contributed by atoms with Crippen molar-refractivity contribution in [2.45, 2.75) is 20.4 Å². The predicted octanol–water partition coefficient (Wildman–Crippen LogP) is 3.09. The maximum absolute atomic E-state index is 12.1. The molecular formula is C17H22N4O. The van der Waals surface area contributed by atoms with Crippen LogP contribution in [0.5, 0.6) is 0 Å². The third-order valence-corrected chi connectivity index (χ3v) is 3.44. The molecule has 116 valence electrons. The molecule has 0 spiro atoms. The average Bonchev–Trinajstić information content (AvgIpc) is 2.49. The van der Waals surface area contributed by atoms with Crippen LogP contribution < -0.4 is 15.5 Å². The number of hydrogen-bond acceptors (Lipinski definition) is 3. The Bertz CT molecular complexity index is 647. The lowest BCUT2D eigenvalue weighted by Crippen LogP contribution is -2.29. The summed E-state index contributed by atoms with van der Waals surface area (Å²) >= 11 is 0. The predicted molar refractivity (Wildman–Crippen MR) is 90.3 cm³/mol. The van der Waals surface area contributed by atoms with Gasteiger partial charge in [0.2, 0.25) is 0 Å². The topological polar surface area (TPSA) is 57.3 Å². The number of benzene rings is 1. The van der Waals surface area contributed by atoms with Gasteiger partial charge in [-0.25, -0.2) is 9.78 Å². The molecule has 0 saturated heterocycles. The van der Waals surface area contributed by atoms with Crippen LogP contribution in [0, 0.1) is 13.8 Å². The zero-order valence-corrected chi connectivity index (χ0v) is 13.5. The Hall–Kier alpha value is -2.56. The molecule has 22 heavy (non-hydrogen) atoms. The lowest BCUT2D eigenvalue weighted by Gasteiger charge is -2.14. The number of urea groups is 1.